The highest BCUT2D eigenvalue weighted by molar-refractivity contribution is 5.74. The van der Waals surface area contributed by atoms with Crippen LogP contribution in [0.2, 0.25) is 0 Å². The van der Waals surface area contributed by atoms with Crippen LogP contribution in [0, 0.1) is 0 Å². The molecule has 18 heavy (non-hydrogen) atoms. The molecule has 1 fully saturated rings. The highest BCUT2D eigenvalue weighted by Gasteiger charge is 2.22. The van der Waals surface area contributed by atoms with Crippen LogP contribution in [0.25, 0.3) is 0 Å². The van der Waals surface area contributed by atoms with Gasteiger partial charge in [0.05, 0.1) is 6.61 Å². The van der Waals surface area contributed by atoms with Crippen molar-refractivity contribution in [3.05, 3.63) is 35.9 Å². The van der Waals surface area contributed by atoms with Crippen molar-refractivity contribution in [2.45, 2.75) is 38.2 Å². The molecule has 3 heteroatoms. The van der Waals surface area contributed by atoms with E-state index in [2.05, 4.69) is 12.1 Å². The summed E-state index contributed by atoms with van der Waals surface area (Å²) in [6.45, 7) is 1.16. The fourth-order valence-electron chi connectivity index (χ4n) is 2.11. The van der Waals surface area contributed by atoms with Gasteiger partial charge < -0.3 is 9.47 Å². The van der Waals surface area contributed by atoms with E-state index >= 15 is 0 Å². The molecule has 1 heterocycles. The van der Waals surface area contributed by atoms with Gasteiger partial charge in [-0.15, -0.1) is 0 Å². The first-order valence-electron chi connectivity index (χ1n) is 6.68. The molecule has 98 valence electrons. The summed E-state index contributed by atoms with van der Waals surface area (Å²) < 4.78 is 10.6. The van der Waals surface area contributed by atoms with Crippen LogP contribution in [-0.4, -0.2) is 25.3 Å². The standard InChI is InChI=1S/C15H20O3/c16-15(14-10-4-5-11-17-14)18-12-6-9-13-7-2-1-3-8-13/h1-3,7-8,14H,4-6,9-12H2. The lowest BCUT2D eigenvalue weighted by Gasteiger charge is -2.20. The van der Waals surface area contributed by atoms with Gasteiger partial charge in [0.1, 0.15) is 0 Å². The maximum absolute atomic E-state index is 11.7. The van der Waals surface area contributed by atoms with Crippen molar-refractivity contribution in [3.8, 4) is 0 Å². The molecule has 2 rings (SSSR count). The molecule has 0 spiro atoms. The van der Waals surface area contributed by atoms with Crippen LogP contribution in [0.15, 0.2) is 30.3 Å². The lowest BCUT2D eigenvalue weighted by atomic mass is 10.1. The summed E-state index contributed by atoms with van der Waals surface area (Å²) in [5, 5.41) is 0. The highest BCUT2D eigenvalue weighted by atomic mass is 16.6. The Labute approximate surface area is 108 Å². The molecule has 1 aliphatic rings. The molecule has 3 nitrogen and oxygen atoms in total. The van der Waals surface area contributed by atoms with E-state index in [1.54, 1.807) is 0 Å². The molecule has 0 saturated carbocycles. The van der Waals surface area contributed by atoms with Crippen molar-refractivity contribution in [2.24, 2.45) is 0 Å². The lowest BCUT2D eigenvalue weighted by Crippen LogP contribution is -2.30. The van der Waals surface area contributed by atoms with E-state index < -0.39 is 0 Å². The second-order valence-corrected chi connectivity index (χ2v) is 4.61. The predicted molar refractivity (Wildman–Crippen MR) is 69.3 cm³/mol. The SMILES string of the molecule is O=C(OCCCc1ccccc1)C1CCCCO1. The van der Waals surface area contributed by atoms with Crippen molar-refractivity contribution < 1.29 is 14.3 Å². The van der Waals surface area contributed by atoms with Gasteiger partial charge in [-0.1, -0.05) is 30.3 Å². The van der Waals surface area contributed by atoms with Gasteiger partial charge in [0.15, 0.2) is 6.10 Å². The van der Waals surface area contributed by atoms with E-state index in [1.807, 2.05) is 18.2 Å². The molecule has 0 radical (unpaired) electrons. The third-order valence-corrected chi connectivity index (χ3v) is 3.14. The number of hydrogen-bond donors (Lipinski definition) is 0. The second-order valence-electron chi connectivity index (χ2n) is 4.61. The molecule has 1 aromatic rings. The van der Waals surface area contributed by atoms with E-state index in [0.717, 1.165) is 32.1 Å². The number of carbonyl (C=O) groups excluding carboxylic acids is 1. The Morgan fingerprint density at radius 2 is 2.11 bits per heavy atom. The molecule has 1 saturated heterocycles. The third-order valence-electron chi connectivity index (χ3n) is 3.14. The Morgan fingerprint density at radius 1 is 1.28 bits per heavy atom. The Bertz CT molecular complexity index is 355. The molecule has 1 atom stereocenters. The minimum absolute atomic E-state index is 0.192. The minimum atomic E-state index is -0.324. The summed E-state index contributed by atoms with van der Waals surface area (Å²) in [6.07, 6.45) is 4.40. The number of benzene rings is 1. The first kappa shape index (κ1) is 13.1. The normalized spacial score (nSPS) is 19.4. The van der Waals surface area contributed by atoms with Gasteiger partial charge in [-0.3, -0.25) is 0 Å². The fraction of sp³-hybridized carbons (Fsp3) is 0.533. The average molecular weight is 248 g/mol. The summed E-state index contributed by atoms with van der Waals surface area (Å²) in [7, 11) is 0. The Morgan fingerprint density at radius 3 is 2.83 bits per heavy atom. The summed E-state index contributed by atoms with van der Waals surface area (Å²) in [5.41, 5.74) is 1.28. The van der Waals surface area contributed by atoms with Crippen LogP contribution >= 0.6 is 0 Å². The Balaban J connectivity index is 1.61. The lowest BCUT2D eigenvalue weighted by molar-refractivity contribution is -0.160. The number of aryl methyl sites for hydroxylation is 1. The minimum Gasteiger partial charge on any atom is -0.464 e. The van der Waals surface area contributed by atoms with E-state index in [0.29, 0.717) is 13.2 Å². The molecule has 1 aliphatic heterocycles. The Hall–Kier alpha value is -1.35. The van der Waals surface area contributed by atoms with E-state index in [-0.39, 0.29) is 12.1 Å². The van der Waals surface area contributed by atoms with Gasteiger partial charge in [-0.25, -0.2) is 4.79 Å². The summed E-state index contributed by atoms with van der Waals surface area (Å²) in [5.74, 6) is -0.192. The first-order chi connectivity index (χ1) is 8.86. The van der Waals surface area contributed by atoms with Crippen molar-refractivity contribution in [1.29, 1.82) is 0 Å². The van der Waals surface area contributed by atoms with Crippen molar-refractivity contribution in [3.63, 3.8) is 0 Å². The van der Waals surface area contributed by atoms with Crippen molar-refractivity contribution in [2.75, 3.05) is 13.2 Å². The highest BCUT2D eigenvalue weighted by Crippen LogP contribution is 2.14. The topological polar surface area (TPSA) is 35.5 Å². The van der Waals surface area contributed by atoms with Gasteiger partial charge in [-0.05, 0) is 37.7 Å². The average Bonchev–Trinajstić information content (AvgIpc) is 2.45. The van der Waals surface area contributed by atoms with Crippen LogP contribution in [-0.2, 0) is 20.7 Å². The zero-order valence-electron chi connectivity index (χ0n) is 10.6. The van der Waals surface area contributed by atoms with Gasteiger partial charge in [0.25, 0.3) is 0 Å². The van der Waals surface area contributed by atoms with Gasteiger partial charge >= 0.3 is 5.97 Å². The van der Waals surface area contributed by atoms with Gasteiger partial charge in [-0.2, -0.15) is 0 Å². The second kappa shape index (κ2) is 7.17. The van der Waals surface area contributed by atoms with Crippen molar-refractivity contribution >= 4 is 5.97 Å². The predicted octanol–water partition coefficient (Wildman–Crippen LogP) is 2.73. The summed E-state index contributed by atoms with van der Waals surface area (Å²) in [4.78, 5) is 11.7. The molecular weight excluding hydrogens is 228 g/mol. The molecule has 1 unspecified atom stereocenters. The number of esters is 1. The Kier molecular flexibility index (Phi) is 5.21. The largest absolute Gasteiger partial charge is 0.464 e. The number of rotatable bonds is 5. The van der Waals surface area contributed by atoms with E-state index in [9.17, 15) is 4.79 Å². The zero-order valence-corrected chi connectivity index (χ0v) is 10.6. The smallest absolute Gasteiger partial charge is 0.335 e. The molecule has 0 aromatic heterocycles. The van der Waals surface area contributed by atoms with Crippen molar-refractivity contribution in [1.82, 2.24) is 0 Å². The van der Waals surface area contributed by atoms with Crippen LogP contribution in [0.5, 0.6) is 0 Å². The fourth-order valence-corrected chi connectivity index (χ4v) is 2.11. The van der Waals surface area contributed by atoms with Crippen LogP contribution in [0.4, 0.5) is 0 Å². The first-order valence-corrected chi connectivity index (χ1v) is 6.68. The third kappa shape index (κ3) is 4.15. The summed E-state index contributed by atoms with van der Waals surface area (Å²) >= 11 is 0. The summed E-state index contributed by atoms with van der Waals surface area (Å²) in [6, 6.07) is 10.2. The molecule has 0 N–H and O–H groups in total. The number of hydrogen-bond acceptors (Lipinski definition) is 3. The van der Waals surface area contributed by atoms with E-state index in [1.165, 1.54) is 5.56 Å². The van der Waals surface area contributed by atoms with Crippen LogP contribution < -0.4 is 0 Å². The molecule has 0 bridgehead atoms. The monoisotopic (exact) mass is 248 g/mol. The number of ether oxygens (including phenoxy) is 2. The van der Waals surface area contributed by atoms with Gasteiger partial charge in [0.2, 0.25) is 0 Å². The van der Waals surface area contributed by atoms with Crippen LogP contribution in [0.1, 0.15) is 31.2 Å². The number of carbonyl (C=O) groups is 1. The zero-order chi connectivity index (χ0) is 12.6. The van der Waals surface area contributed by atoms with Gasteiger partial charge in [0, 0.05) is 6.61 Å². The maximum Gasteiger partial charge on any atom is 0.335 e. The molecule has 0 aliphatic carbocycles. The van der Waals surface area contributed by atoms with E-state index in [4.69, 9.17) is 9.47 Å². The molecule has 1 aromatic carbocycles. The maximum atomic E-state index is 11.7. The quantitative estimate of drug-likeness (QED) is 0.593. The van der Waals surface area contributed by atoms with Crippen LogP contribution in [0.3, 0.4) is 0 Å². The molecule has 0 amide bonds. The molecular formula is C15H20O3.